The number of hydrogen-bond donors (Lipinski definition) is 2. The Hall–Kier alpha value is -1.09. The Kier molecular flexibility index (Phi) is 3.02. The van der Waals surface area contributed by atoms with Gasteiger partial charge < -0.3 is 10.6 Å². The molecule has 1 saturated carbocycles. The third-order valence-electron chi connectivity index (χ3n) is 4.02. The van der Waals surface area contributed by atoms with Crippen LogP contribution in [0, 0.1) is 5.82 Å². The molecule has 0 aromatic heterocycles. The molecule has 1 aliphatic carbocycles. The predicted octanol–water partition coefficient (Wildman–Crippen LogP) is 2.87. The molecular weight excluding hydrogens is 215 g/mol. The molecule has 92 valence electrons. The highest BCUT2D eigenvalue weighted by Gasteiger charge is 2.23. The van der Waals surface area contributed by atoms with Crippen molar-refractivity contribution < 1.29 is 4.39 Å². The number of nitrogens with one attached hydrogen (secondary N) is 2. The van der Waals surface area contributed by atoms with Crippen molar-refractivity contribution in [2.45, 2.75) is 37.6 Å². The normalized spacial score (nSPS) is 23.7. The second-order valence-corrected chi connectivity index (χ2v) is 5.18. The smallest absolute Gasteiger partial charge is 0.125 e. The summed E-state index contributed by atoms with van der Waals surface area (Å²) in [5.41, 5.74) is 2.25. The molecule has 0 spiro atoms. The van der Waals surface area contributed by atoms with Crippen molar-refractivity contribution in [3.63, 3.8) is 0 Å². The van der Waals surface area contributed by atoms with E-state index in [2.05, 4.69) is 10.6 Å². The maximum Gasteiger partial charge on any atom is 0.125 e. The van der Waals surface area contributed by atoms with E-state index in [0.29, 0.717) is 5.92 Å². The Bertz CT molecular complexity index is 401. The van der Waals surface area contributed by atoms with Gasteiger partial charge in [-0.05, 0) is 37.0 Å². The van der Waals surface area contributed by atoms with E-state index in [9.17, 15) is 4.39 Å². The van der Waals surface area contributed by atoms with E-state index in [1.807, 2.05) is 6.07 Å². The summed E-state index contributed by atoms with van der Waals surface area (Å²) >= 11 is 0. The molecule has 0 radical (unpaired) electrons. The van der Waals surface area contributed by atoms with Gasteiger partial charge in [0, 0.05) is 30.7 Å². The Balaban J connectivity index is 1.69. The molecular formula is C14H19FN2. The molecule has 1 aliphatic heterocycles. The fourth-order valence-corrected chi connectivity index (χ4v) is 2.71. The summed E-state index contributed by atoms with van der Waals surface area (Å²) in [6, 6.07) is 5.85. The highest BCUT2D eigenvalue weighted by Crippen LogP contribution is 2.32. The molecule has 3 rings (SSSR count). The standard InChI is InChI=1S/C14H19FN2/c15-11-4-5-13-10(6-7-16-14(13)8-11)9-17-12-2-1-3-12/h4-5,8,10,12,16-17H,1-3,6-7,9H2. The lowest BCUT2D eigenvalue weighted by molar-refractivity contribution is 0.329. The van der Waals surface area contributed by atoms with Gasteiger partial charge in [-0.25, -0.2) is 4.39 Å². The zero-order valence-corrected chi connectivity index (χ0v) is 10.0. The lowest BCUT2D eigenvalue weighted by Crippen LogP contribution is -2.38. The van der Waals surface area contributed by atoms with Crippen LogP contribution in [0.4, 0.5) is 10.1 Å². The molecule has 1 aromatic carbocycles. The maximum absolute atomic E-state index is 13.1. The first-order valence-electron chi connectivity index (χ1n) is 6.59. The van der Waals surface area contributed by atoms with E-state index in [1.165, 1.54) is 24.8 Å². The van der Waals surface area contributed by atoms with Crippen LogP contribution in [0.3, 0.4) is 0 Å². The van der Waals surface area contributed by atoms with Gasteiger partial charge in [-0.3, -0.25) is 0 Å². The van der Waals surface area contributed by atoms with Crippen molar-refractivity contribution in [1.82, 2.24) is 5.32 Å². The van der Waals surface area contributed by atoms with Gasteiger partial charge in [0.15, 0.2) is 0 Å². The van der Waals surface area contributed by atoms with Gasteiger partial charge >= 0.3 is 0 Å². The zero-order chi connectivity index (χ0) is 11.7. The molecule has 17 heavy (non-hydrogen) atoms. The van der Waals surface area contributed by atoms with Crippen LogP contribution in [-0.2, 0) is 0 Å². The molecule has 1 atom stereocenters. The van der Waals surface area contributed by atoms with Gasteiger partial charge in [0.05, 0.1) is 0 Å². The van der Waals surface area contributed by atoms with Crippen LogP contribution in [-0.4, -0.2) is 19.1 Å². The SMILES string of the molecule is Fc1ccc2c(c1)NCCC2CNC1CCC1. The quantitative estimate of drug-likeness (QED) is 0.840. The highest BCUT2D eigenvalue weighted by atomic mass is 19.1. The second kappa shape index (κ2) is 4.65. The van der Waals surface area contributed by atoms with Gasteiger partial charge in [-0.2, -0.15) is 0 Å². The molecule has 0 bridgehead atoms. The Morgan fingerprint density at radius 2 is 2.18 bits per heavy atom. The van der Waals surface area contributed by atoms with E-state index in [1.54, 1.807) is 12.1 Å². The van der Waals surface area contributed by atoms with Crippen LogP contribution in [0.5, 0.6) is 0 Å². The molecule has 1 unspecified atom stereocenters. The number of benzene rings is 1. The van der Waals surface area contributed by atoms with E-state index in [-0.39, 0.29) is 5.82 Å². The number of rotatable bonds is 3. The average molecular weight is 234 g/mol. The van der Waals surface area contributed by atoms with Crippen LogP contribution >= 0.6 is 0 Å². The molecule has 1 fully saturated rings. The molecule has 2 aliphatic rings. The Morgan fingerprint density at radius 1 is 1.29 bits per heavy atom. The van der Waals surface area contributed by atoms with Crippen molar-refractivity contribution in [3.05, 3.63) is 29.6 Å². The summed E-state index contributed by atoms with van der Waals surface area (Å²) in [4.78, 5) is 0. The third-order valence-corrected chi connectivity index (χ3v) is 4.02. The van der Waals surface area contributed by atoms with Crippen LogP contribution in [0.2, 0.25) is 0 Å². The van der Waals surface area contributed by atoms with Gasteiger partial charge in [-0.15, -0.1) is 0 Å². The van der Waals surface area contributed by atoms with Gasteiger partial charge in [0.25, 0.3) is 0 Å². The van der Waals surface area contributed by atoms with Gasteiger partial charge in [0.2, 0.25) is 0 Å². The van der Waals surface area contributed by atoms with E-state index in [4.69, 9.17) is 0 Å². The minimum absolute atomic E-state index is 0.149. The Morgan fingerprint density at radius 3 is 2.94 bits per heavy atom. The average Bonchev–Trinajstić information content (AvgIpc) is 2.26. The molecule has 2 N–H and O–H groups in total. The molecule has 2 nitrogen and oxygen atoms in total. The summed E-state index contributed by atoms with van der Waals surface area (Å²) < 4.78 is 13.1. The highest BCUT2D eigenvalue weighted by molar-refractivity contribution is 5.55. The fourth-order valence-electron chi connectivity index (χ4n) is 2.71. The third kappa shape index (κ3) is 2.29. The van der Waals surface area contributed by atoms with Crippen molar-refractivity contribution >= 4 is 5.69 Å². The molecule has 3 heteroatoms. The second-order valence-electron chi connectivity index (χ2n) is 5.18. The number of fused-ring (bicyclic) bond motifs is 1. The van der Waals surface area contributed by atoms with E-state index < -0.39 is 0 Å². The predicted molar refractivity (Wildman–Crippen MR) is 67.9 cm³/mol. The minimum atomic E-state index is -0.149. The summed E-state index contributed by atoms with van der Waals surface area (Å²) in [5.74, 6) is 0.385. The monoisotopic (exact) mass is 234 g/mol. The van der Waals surface area contributed by atoms with Crippen LogP contribution in [0.15, 0.2) is 18.2 Å². The first kappa shape index (κ1) is 11.0. The summed E-state index contributed by atoms with van der Waals surface area (Å²) in [7, 11) is 0. The maximum atomic E-state index is 13.1. The summed E-state index contributed by atoms with van der Waals surface area (Å²) in [6.45, 7) is 1.98. The number of hydrogen-bond acceptors (Lipinski definition) is 2. The first-order valence-corrected chi connectivity index (χ1v) is 6.59. The summed E-state index contributed by atoms with van der Waals surface area (Å²) in [5, 5.41) is 6.90. The van der Waals surface area contributed by atoms with E-state index in [0.717, 1.165) is 31.2 Å². The molecule has 0 saturated heterocycles. The number of anilines is 1. The first-order chi connectivity index (χ1) is 8.33. The lowest BCUT2D eigenvalue weighted by atomic mass is 9.88. The van der Waals surface area contributed by atoms with Crippen molar-refractivity contribution in [3.8, 4) is 0 Å². The van der Waals surface area contributed by atoms with Crippen LogP contribution < -0.4 is 10.6 Å². The molecule has 1 heterocycles. The van der Waals surface area contributed by atoms with Crippen molar-refractivity contribution in [1.29, 1.82) is 0 Å². The fraction of sp³-hybridized carbons (Fsp3) is 0.571. The van der Waals surface area contributed by atoms with Gasteiger partial charge in [0.1, 0.15) is 5.82 Å². The lowest BCUT2D eigenvalue weighted by Gasteiger charge is -2.32. The number of halogens is 1. The van der Waals surface area contributed by atoms with Crippen molar-refractivity contribution in [2.75, 3.05) is 18.4 Å². The zero-order valence-electron chi connectivity index (χ0n) is 10.0. The van der Waals surface area contributed by atoms with Crippen molar-refractivity contribution in [2.24, 2.45) is 0 Å². The van der Waals surface area contributed by atoms with Crippen LogP contribution in [0.25, 0.3) is 0 Å². The minimum Gasteiger partial charge on any atom is -0.385 e. The molecule has 0 amide bonds. The topological polar surface area (TPSA) is 24.1 Å². The van der Waals surface area contributed by atoms with Gasteiger partial charge in [-0.1, -0.05) is 12.5 Å². The summed E-state index contributed by atoms with van der Waals surface area (Å²) in [6.07, 6.45) is 5.15. The van der Waals surface area contributed by atoms with E-state index >= 15 is 0 Å². The largest absolute Gasteiger partial charge is 0.385 e. The van der Waals surface area contributed by atoms with Crippen LogP contribution in [0.1, 0.15) is 37.2 Å². The molecule has 1 aromatic rings. The Labute approximate surface area is 102 Å².